The predicted octanol–water partition coefficient (Wildman–Crippen LogP) is 0.546. The molecule has 132 valence electrons. The van der Waals surface area contributed by atoms with Crippen molar-refractivity contribution in [3.8, 4) is 0 Å². The van der Waals surface area contributed by atoms with Crippen LogP contribution in [0.15, 0.2) is 36.9 Å². The topological polar surface area (TPSA) is 92.3 Å². The third kappa shape index (κ3) is 5.47. The quantitative estimate of drug-likeness (QED) is 0.759. The lowest BCUT2D eigenvalue weighted by atomic mass is 10.3. The number of nitrogens with zero attached hydrogens (tertiary/aromatic N) is 4. The smallest absolute Gasteiger partial charge is 0.271 e. The minimum absolute atomic E-state index is 0.254. The summed E-state index contributed by atoms with van der Waals surface area (Å²) in [5, 5.41) is 6.02. The monoisotopic (exact) mass is 342 g/mol. The highest BCUT2D eigenvalue weighted by Crippen LogP contribution is 2.03. The van der Waals surface area contributed by atoms with Gasteiger partial charge in [0, 0.05) is 45.1 Å². The van der Waals surface area contributed by atoms with E-state index in [1.165, 1.54) is 6.20 Å². The van der Waals surface area contributed by atoms with Gasteiger partial charge >= 0.3 is 0 Å². The molecule has 0 aromatic carbocycles. The van der Waals surface area contributed by atoms with Gasteiger partial charge in [0.1, 0.15) is 11.5 Å². The second kappa shape index (κ2) is 9.05. The molecule has 1 aliphatic heterocycles. The number of hydrogen-bond acceptors (Lipinski definition) is 7. The van der Waals surface area contributed by atoms with Crippen molar-refractivity contribution in [1.29, 1.82) is 0 Å². The van der Waals surface area contributed by atoms with Crippen molar-refractivity contribution in [2.45, 2.75) is 6.54 Å². The van der Waals surface area contributed by atoms with E-state index in [9.17, 15) is 4.79 Å². The van der Waals surface area contributed by atoms with Crippen molar-refractivity contribution >= 4 is 11.7 Å². The number of aromatic nitrogens is 3. The van der Waals surface area contributed by atoms with Crippen LogP contribution in [0.25, 0.3) is 0 Å². The molecule has 0 spiro atoms. The van der Waals surface area contributed by atoms with E-state index in [4.69, 9.17) is 4.74 Å². The highest BCUT2D eigenvalue weighted by molar-refractivity contribution is 5.91. The number of morpholine rings is 1. The number of carbonyl (C=O) groups excluding carboxylic acids is 1. The van der Waals surface area contributed by atoms with E-state index in [1.807, 2.05) is 12.1 Å². The summed E-state index contributed by atoms with van der Waals surface area (Å²) in [6, 6.07) is 3.74. The van der Waals surface area contributed by atoms with Gasteiger partial charge in [-0.3, -0.25) is 14.7 Å². The number of anilines is 1. The van der Waals surface area contributed by atoms with Crippen molar-refractivity contribution in [2.24, 2.45) is 0 Å². The first-order chi connectivity index (χ1) is 12.3. The summed E-state index contributed by atoms with van der Waals surface area (Å²) in [5.41, 5.74) is 1.23. The molecule has 8 heteroatoms. The lowest BCUT2D eigenvalue weighted by Crippen LogP contribution is -2.39. The Kier molecular flexibility index (Phi) is 6.24. The number of nitrogens with one attached hydrogen (secondary N) is 2. The Morgan fingerprint density at radius 3 is 2.80 bits per heavy atom. The van der Waals surface area contributed by atoms with Crippen LogP contribution in [0.1, 0.15) is 16.1 Å². The van der Waals surface area contributed by atoms with Gasteiger partial charge in [-0.25, -0.2) is 9.97 Å². The second-order valence-electron chi connectivity index (χ2n) is 5.71. The number of pyridine rings is 1. The minimum Gasteiger partial charge on any atom is -0.379 e. The van der Waals surface area contributed by atoms with E-state index < -0.39 is 0 Å². The van der Waals surface area contributed by atoms with Crippen molar-refractivity contribution in [3.05, 3.63) is 48.2 Å². The highest BCUT2D eigenvalue weighted by Gasteiger charge is 2.10. The largest absolute Gasteiger partial charge is 0.379 e. The van der Waals surface area contributed by atoms with Crippen LogP contribution >= 0.6 is 0 Å². The molecule has 8 nitrogen and oxygen atoms in total. The molecule has 0 aliphatic carbocycles. The number of carbonyl (C=O) groups is 1. The molecular weight excluding hydrogens is 320 g/mol. The Bertz CT molecular complexity index is 659. The van der Waals surface area contributed by atoms with Crippen LogP contribution in [-0.4, -0.2) is 65.2 Å². The molecular formula is C17H22N6O2. The van der Waals surface area contributed by atoms with Crippen LogP contribution in [0.2, 0.25) is 0 Å². The molecule has 25 heavy (non-hydrogen) atoms. The molecule has 0 radical (unpaired) electrons. The van der Waals surface area contributed by atoms with E-state index in [2.05, 4.69) is 30.5 Å². The summed E-state index contributed by atoms with van der Waals surface area (Å²) in [5.74, 6) is 0.410. The van der Waals surface area contributed by atoms with Gasteiger partial charge in [-0.2, -0.15) is 0 Å². The van der Waals surface area contributed by atoms with Gasteiger partial charge in [-0.15, -0.1) is 0 Å². The van der Waals surface area contributed by atoms with Crippen molar-refractivity contribution in [3.63, 3.8) is 0 Å². The first-order valence-electron chi connectivity index (χ1n) is 8.34. The molecule has 2 N–H and O–H groups in total. The molecule has 1 fully saturated rings. The standard InChI is InChI=1S/C17H22N6O2/c24-17(22-11-14-2-1-3-18-10-14)15-12-21-16(13-20-15)19-4-5-23-6-8-25-9-7-23/h1-3,10,12-13H,4-9,11H2,(H,19,21)(H,22,24). The highest BCUT2D eigenvalue weighted by atomic mass is 16.5. The fourth-order valence-electron chi connectivity index (χ4n) is 2.48. The zero-order valence-electron chi connectivity index (χ0n) is 14.0. The van der Waals surface area contributed by atoms with Gasteiger partial charge in [-0.1, -0.05) is 6.07 Å². The second-order valence-corrected chi connectivity index (χ2v) is 5.71. The fraction of sp³-hybridized carbons (Fsp3) is 0.412. The summed E-state index contributed by atoms with van der Waals surface area (Å²) < 4.78 is 5.32. The fourth-order valence-corrected chi connectivity index (χ4v) is 2.48. The molecule has 0 bridgehead atoms. The zero-order valence-corrected chi connectivity index (χ0v) is 14.0. The molecule has 2 aromatic rings. The maximum Gasteiger partial charge on any atom is 0.271 e. The Labute approximate surface area is 146 Å². The van der Waals surface area contributed by atoms with Crippen LogP contribution in [0.5, 0.6) is 0 Å². The van der Waals surface area contributed by atoms with Crippen LogP contribution in [0.4, 0.5) is 5.82 Å². The van der Waals surface area contributed by atoms with Crippen molar-refractivity contribution < 1.29 is 9.53 Å². The van der Waals surface area contributed by atoms with Crippen LogP contribution < -0.4 is 10.6 Å². The average Bonchev–Trinajstić information content (AvgIpc) is 2.68. The maximum absolute atomic E-state index is 12.1. The predicted molar refractivity (Wildman–Crippen MR) is 93.2 cm³/mol. The molecule has 0 atom stereocenters. The molecule has 0 unspecified atom stereocenters. The van der Waals surface area contributed by atoms with E-state index in [0.717, 1.165) is 45.0 Å². The third-order valence-electron chi connectivity index (χ3n) is 3.90. The Hall–Kier alpha value is -2.58. The summed E-state index contributed by atoms with van der Waals surface area (Å²) in [6.45, 7) is 5.63. The number of rotatable bonds is 7. The molecule has 1 aliphatic rings. The number of amides is 1. The van der Waals surface area contributed by atoms with E-state index in [0.29, 0.717) is 18.1 Å². The van der Waals surface area contributed by atoms with Crippen LogP contribution in [0, 0.1) is 0 Å². The number of hydrogen-bond donors (Lipinski definition) is 2. The lowest BCUT2D eigenvalue weighted by molar-refractivity contribution is 0.0398. The zero-order chi connectivity index (χ0) is 17.3. The van der Waals surface area contributed by atoms with Gasteiger partial charge in [0.2, 0.25) is 0 Å². The SMILES string of the molecule is O=C(NCc1cccnc1)c1cnc(NCCN2CCOCC2)cn1. The first kappa shape index (κ1) is 17.2. The summed E-state index contributed by atoms with van der Waals surface area (Å²) in [7, 11) is 0. The number of ether oxygens (including phenoxy) is 1. The molecule has 1 saturated heterocycles. The molecule has 0 saturated carbocycles. The van der Waals surface area contributed by atoms with E-state index >= 15 is 0 Å². The van der Waals surface area contributed by atoms with Gasteiger partial charge in [0.05, 0.1) is 25.6 Å². The summed E-state index contributed by atoms with van der Waals surface area (Å²) in [4.78, 5) is 26.8. The van der Waals surface area contributed by atoms with Crippen molar-refractivity contribution in [1.82, 2.24) is 25.2 Å². The van der Waals surface area contributed by atoms with Crippen molar-refractivity contribution in [2.75, 3.05) is 44.7 Å². The molecule has 3 heterocycles. The van der Waals surface area contributed by atoms with E-state index in [1.54, 1.807) is 18.6 Å². The Balaban J connectivity index is 1.42. The first-order valence-corrected chi connectivity index (χ1v) is 8.34. The van der Waals surface area contributed by atoms with Crippen LogP contribution in [-0.2, 0) is 11.3 Å². The summed E-state index contributed by atoms with van der Waals surface area (Å²) in [6.07, 6.45) is 6.48. The Morgan fingerprint density at radius 1 is 1.20 bits per heavy atom. The molecule has 1 amide bonds. The van der Waals surface area contributed by atoms with Gasteiger partial charge < -0.3 is 15.4 Å². The third-order valence-corrected chi connectivity index (χ3v) is 3.90. The molecule has 3 rings (SSSR count). The van der Waals surface area contributed by atoms with Gasteiger partial charge in [0.25, 0.3) is 5.91 Å². The molecule has 2 aromatic heterocycles. The summed E-state index contributed by atoms with van der Waals surface area (Å²) >= 11 is 0. The van der Waals surface area contributed by atoms with Crippen LogP contribution in [0.3, 0.4) is 0 Å². The lowest BCUT2D eigenvalue weighted by Gasteiger charge is -2.26. The average molecular weight is 342 g/mol. The van der Waals surface area contributed by atoms with E-state index in [-0.39, 0.29) is 5.91 Å². The van der Waals surface area contributed by atoms with Gasteiger partial charge in [0.15, 0.2) is 0 Å². The Morgan fingerprint density at radius 2 is 2.08 bits per heavy atom. The minimum atomic E-state index is -0.254. The van der Waals surface area contributed by atoms with Gasteiger partial charge in [-0.05, 0) is 11.6 Å². The maximum atomic E-state index is 12.1. The normalized spacial score (nSPS) is 14.9.